The highest BCUT2D eigenvalue weighted by Gasteiger charge is 2.24. The van der Waals surface area contributed by atoms with Crippen LogP contribution in [0.3, 0.4) is 0 Å². The van der Waals surface area contributed by atoms with Crippen LogP contribution >= 0.6 is 0 Å². The number of carbonyl (C=O) groups is 1. The molecule has 0 heterocycles. The fourth-order valence-corrected chi connectivity index (χ4v) is 1.19. The molecule has 8 nitrogen and oxygen atoms in total. The molecule has 0 unspecified atom stereocenters. The topological polar surface area (TPSA) is 124 Å². The molecule has 0 atom stereocenters. The van der Waals surface area contributed by atoms with Crippen molar-refractivity contribution in [1.29, 1.82) is 0 Å². The van der Waals surface area contributed by atoms with Crippen LogP contribution in [0, 0.1) is 27.2 Å². The van der Waals surface area contributed by atoms with E-state index in [1.54, 1.807) is 0 Å². The summed E-state index contributed by atoms with van der Waals surface area (Å²) in [7, 11) is 0. The predicted molar refractivity (Wildman–Crippen MR) is 51.4 cm³/mol. The maximum atomic E-state index is 10.6. The minimum atomic E-state index is -1.45. The van der Waals surface area contributed by atoms with Crippen molar-refractivity contribution in [2.24, 2.45) is 0 Å². The molecule has 8 heteroatoms. The van der Waals surface area contributed by atoms with Gasteiger partial charge in [-0.05, 0) is 6.92 Å². The van der Waals surface area contributed by atoms with E-state index in [0.717, 1.165) is 12.1 Å². The lowest BCUT2D eigenvalue weighted by molar-refractivity contribution is -0.395. The van der Waals surface area contributed by atoms with Gasteiger partial charge in [0.25, 0.3) is 11.4 Å². The number of carboxylic acids is 1. The van der Waals surface area contributed by atoms with E-state index in [2.05, 4.69) is 0 Å². The summed E-state index contributed by atoms with van der Waals surface area (Å²) in [4.78, 5) is 30.0. The van der Waals surface area contributed by atoms with Gasteiger partial charge < -0.3 is 5.11 Å². The van der Waals surface area contributed by atoms with E-state index in [0.29, 0.717) is 0 Å². The standard InChI is InChI=1S/C8H6N2O6/c1-4-6(9(13)14)2-5(8(11)12)3-7(4)10(15)16/h2-3H,1H3,(H,11,12). The lowest BCUT2D eigenvalue weighted by atomic mass is 10.1. The number of aromatic carboxylic acids is 1. The number of nitro groups is 2. The van der Waals surface area contributed by atoms with Gasteiger partial charge in [0.2, 0.25) is 0 Å². The number of hydrogen-bond donors (Lipinski definition) is 1. The lowest BCUT2D eigenvalue weighted by Crippen LogP contribution is -2.03. The first-order chi connectivity index (χ1) is 7.34. The molecule has 1 rings (SSSR count). The molecule has 1 aromatic carbocycles. The Hall–Kier alpha value is -2.51. The Kier molecular flexibility index (Phi) is 2.84. The quantitative estimate of drug-likeness (QED) is 0.615. The van der Waals surface area contributed by atoms with Crippen molar-refractivity contribution in [3.05, 3.63) is 43.5 Å². The second-order valence-electron chi connectivity index (χ2n) is 2.96. The SMILES string of the molecule is Cc1c([N+](=O)[O-])cc(C(=O)O)cc1[N+](=O)[O-]. The summed E-state index contributed by atoms with van der Waals surface area (Å²) in [6.45, 7) is 1.20. The molecule has 0 radical (unpaired) electrons. The molecule has 1 aromatic rings. The molecule has 0 bridgehead atoms. The van der Waals surface area contributed by atoms with Gasteiger partial charge in [0.1, 0.15) is 5.56 Å². The number of rotatable bonds is 3. The van der Waals surface area contributed by atoms with Crippen LogP contribution < -0.4 is 0 Å². The molecule has 0 saturated heterocycles. The number of nitro benzene ring substituents is 2. The Morgan fingerprint density at radius 3 is 1.81 bits per heavy atom. The zero-order chi connectivity index (χ0) is 12.5. The summed E-state index contributed by atoms with van der Waals surface area (Å²) in [5.74, 6) is -1.45. The largest absolute Gasteiger partial charge is 0.478 e. The van der Waals surface area contributed by atoms with Crippen molar-refractivity contribution in [2.45, 2.75) is 6.92 Å². The highest BCUT2D eigenvalue weighted by atomic mass is 16.6. The smallest absolute Gasteiger partial charge is 0.336 e. The van der Waals surface area contributed by atoms with Crippen LogP contribution in [0.2, 0.25) is 0 Å². The normalized spacial score (nSPS) is 9.81. The Bertz CT molecular complexity index is 460. The van der Waals surface area contributed by atoms with E-state index in [1.807, 2.05) is 0 Å². The van der Waals surface area contributed by atoms with Crippen molar-refractivity contribution in [1.82, 2.24) is 0 Å². The van der Waals surface area contributed by atoms with Crippen molar-refractivity contribution in [3.8, 4) is 0 Å². The molecule has 0 aliphatic heterocycles. The second kappa shape index (κ2) is 3.93. The summed E-state index contributed by atoms with van der Waals surface area (Å²) >= 11 is 0. The number of hydrogen-bond acceptors (Lipinski definition) is 5. The number of carboxylic acid groups (broad SMARTS) is 1. The monoisotopic (exact) mass is 226 g/mol. The van der Waals surface area contributed by atoms with Gasteiger partial charge in [-0.15, -0.1) is 0 Å². The zero-order valence-electron chi connectivity index (χ0n) is 8.04. The average molecular weight is 226 g/mol. The number of benzene rings is 1. The first kappa shape index (κ1) is 11.6. The van der Waals surface area contributed by atoms with Gasteiger partial charge in [-0.3, -0.25) is 20.2 Å². The van der Waals surface area contributed by atoms with Crippen LogP contribution in [0.25, 0.3) is 0 Å². The fourth-order valence-electron chi connectivity index (χ4n) is 1.19. The zero-order valence-corrected chi connectivity index (χ0v) is 8.04. The fraction of sp³-hybridized carbons (Fsp3) is 0.125. The van der Waals surface area contributed by atoms with Crippen molar-refractivity contribution < 1.29 is 19.7 Å². The summed E-state index contributed by atoms with van der Waals surface area (Å²) in [6, 6.07) is 1.59. The molecule has 0 spiro atoms. The van der Waals surface area contributed by atoms with Crippen molar-refractivity contribution >= 4 is 17.3 Å². The van der Waals surface area contributed by atoms with Crippen LogP contribution in [-0.2, 0) is 0 Å². The minimum absolute atomic E-state index is 0.167. The molecular formula is C8H6N2O6. The van der Waals surface area contributed by atoms with Crippen LogP contribution in [-0.4, -0.2) is 20.9 Å². The molecule has 0 fully saturated rings. The molecule has 0 amide bonds. The Morgan fingerprint density at radius 2 is 1.56 bits per heavy atom. The van der Waals surface area contributed by atoms with Crippen LogP contribution in [0.4, 0.5) is 11.4 Å². The highest BCUT2D eigenvalue weighted by molar-refractivity contribution is 5.90. The third-order valence-electron chi connectivity index (χ3n) is 1.99. The van der Waals surface area contributed by atoms with E-state index in [1.165, 1.54) is 6.92 Å². The Balaban J connectivity index is 3.57. The summed E-state index contributed by atoms with van der Waals surface area (Å²) in [5, 5.41) is 29.8. The van der Waals surface area contributed by atoms with E-state index < -0.39 is 32.8 Å². The van der Waals surface area contributed by atoms with Gasteiger partial charge >= 0.3 is 5.97 Å². The van der Waals surface area contributed by atoms with Crippen molar-refractivity contribution in [2.75, 3.05) is 0 Å². The van der Waals surface area contributed by atoms with Gasteiger partial charge in [-0.2, -0.15) is 0 Å². The lowest BCUT2D eigenvalue weighted by Gasteiger charge is -2.00. The Labute approximate surface area is 88.4 Å². The van der Waals surface area contributed by atoms with Crippen LogP contribution in [0.5, 0.6) is 0 Å². The first-order valence-corrected chi connectivity index (χ1v) is 4.01. The molecule has 0 aliphatic carbocycles. The van der Waals surface area contributed by atoms with Gasteiger partial charge in [-0.1, -0.05) is 0 Å². The summed E-state index contributed by atoms with van der Waals surface area (Å²) < 4.78 is 0. The van der Waals surface area contributed by atoms with Crippen LogP contribution in [0.15, 0.2) is 12.1 Å². The molecule has 84 valence electrons. The average Bonchev–Trinajstić information content (AvgIpc) is 2.16. The maximum absolute atomic E-state index is 10.6. The summed E-state index contributed by atoms with van der Waals surface area (Å²) in [5.41, 5.74) is -1.80. The molecule has 0 aliphatic rings. The van der Waals surface area contributed by atoms with Crippen molar-refractivity contribution in [3.63, 3.8) is 0 Å². The van der Waals surface area contributed by atoms with Gasteiger partial charge in [0.15, 0.2) is 0 Å². The van der Waals surface area contributed by atoms with E-state index >= 15 is 0 Å². The van der Waals surface area contributed by atoms with Gasteiger partial charge in [0, 0.05) is 12.1 Å². The van der Waals surface area contributed by atoms with Gasteiger partial charge in [-0.25, -0.2) is 4.79 Å². The molecule has 1 N–H and O–H groups in total. The predicted octanol–water partition coefficient (Wildman–Crippen LogP) is 1.51. The van der Waals surface area contributed by atoms with Gasteiger partial charge in [0.05, 0.1) is 15.4 Å². The third kappa shape index (κ3) is 1.95. The first-order valence-electron chi connectivity index (χ1n) is 4.01. The molecule has 0 aromatic heterocycles. The molecular weight excluding hydrogens is 220 g/mol. The van der Waals surface area contributed by atoms with E-state index in [9.17, 15) is 25.0 Å². The summed E-state index contributed by atoms with van der Waals surface area (Å²) in [6.07, 6.45) is 0. The maximum Gasteiger partial charge on any atom is 0.336 e. The highest BCUT2D eigenvalue weighted by Crippen LogP contribution is 2.29. The second-order valence-corrected chi connectivity index (χ2v) is 2.96. The van der Waals surface area contributed by atoms with E-state index in [-0.39, 0.29) is 5.56 Å². The minimum Gasteiger partial charge on any atom is -0.478 e. The molecule has 16 heavy (non-hydrogen) atoms. The van der Waals surface area contributed by atoms with Crippen LogP contribution in [0.1, 0.15) is 15.9 Å². The number of nitrogens with zero attached hydrogens (tertiary/aromatic N) is 2. The third-order valence-corrected chi connectivity index (χ3v) is 1.99. The molecule has 0 saturated carbocycles. The Morgan fingerprint density at radius 1 is 1.19 bits per heavy atom. The van der Waals surface area contributed by atoms with E-state index in [4.69, 9.17) is 5.11 Å².